The molecule has 0 heterocycles. The normalized spacial score (nSPS) is 12.0. The zero-order valence-electron chi connectivity index (χ0n) is 16.1. The van der Waals surface area contributed by atoms with Crippen LogP contribution in [0.4, 0.5) is 11.4 Å². The van der Waals surface area contributed by atoms with Crippen LogP contribution in [0, 0.1) is 3.57 Å². The molecule has 0 unspecified atom stereocenters. The van der Waals surface area contributed by atoms with E-state index < -0.39 is 0 Å². The molecule has 0 bridgehead atoms. The van der Waals surface area contributed by atoms with Crippen LogP contribution in [0.15, 0.2) is 53.6 Å². The fourth-order valence-corrected chi connectivity index (χ4v) is 3.07. The maximum Gasteiger partial charge on any atom is 0.262 e. The molecule has 2 rings (SSSR count). The van der Waals surface area contributed by atoms with Crippen molar-refractivity contribution in [3.63, 3.8) is 0 Å². The van der Waals surface area contributed by atoms with E-state index >= 15 is 0 Å². The van der Waals surface area contributed by atoms with Crippen molar-refractivity contribution in [3.05, 3.63) is 57.7 Å². The minimum atomic E-state index is -0.327. The molecule has 0 saturated heterocycles. The summed E-state index contributed by atoms with van der Waals surface area (Å²) in [5, 5.41) is 7.34. The van der Waals surface area contributed by atoms with Crippen LogP contribution in [0.2, 0.25) is 0 Å². The van der Waals surface area contributed by atoms with Crippen LogP contribution in [0.1, 0.15) is 32.8 Å². The number of rotatable bonds is 9. The van der Waals surface area contributed by atoms with E-state index in [1.807, 2.05) is 43.3 Å². The third-order valence-corrected chi connectivity index (χ3v) is 5.04. The van der Waals surface area contributed by atoms with Gasteiger partial charge in [-0.2, -0.15) is 5.10 Å². The molecule has 2 N–H and O–H groups in total. The van der Waals surface area contributed by atoms with Crippen molar-refractivity contribution in [2.24, 2.45) is 5.10 Å². The molecule has 0 radical (unpaired) electrons. The molecule has 6 heteroatoms. The lowest BCUT2D eigenvalue weighted by Gasteiger charge is -2.20. The summed E-state index contributed by atoms with van der Waals surface area (Å²) < 4.78 is 1.16. The van der Waals surface area contributed by atoms with Crippen molar-refractivity contribution in [3.8, 4) is 0 Å². The minimum Gasteiger partial charge on any atom is -0.374 e. The highest BCUT2D eigenvalue weighted by Crippen LogP contribution is 2.14. The molecule has 0 saturated carbocycles. The Kier molecular flexibility index (Phi) is 8.57. The number of hydrazone groups is 1. The number of carbonyl (C=O) groups is 1. The van der Waals surface area contributed by atoms with Crippen molar-refractivity contribution in [1.29, 1.82) is 0 Å². The van der Waals surface area contributed by atoms with Crippen molar-refractivity contribution in [2.45, 2.75) is 33.2 Å². The van der Waals surface area contributed by atoms with Crippen molar-refractivity contribution in [1.82, 2.24) is 5.43 Å². The first kappa shape index (κ1) is 21.2. The van der Waals surface area contributed by atoms with Crippen LogP contribution in [-0.4, -0.2) is 31.3 Å². The lowest BCUT2D eigenvalue weighted by atomic mass is 10.2. The molecule has 0 fully saturated rings. The summed E-state index contributed by atoms with van der Waals surface area (Å²) in [6, 6.07) is 15.8. The number of hydrogen-bond acceptors (Lipinski definition) is 4. The molecular formula is C21H27IN4O. The van der Waals surface area contributed by atoms with E-state index in [9.17, 15) is 4.79 Å². The number of hydrogen-bond donors (Lipinski definition) is 2. The largest absolute Gasteiger partial charge is 0.374 e. The van der Waals surface area contributed by atoms with Crippen molar-refractivity contribution < 1.29 is 4.79 Å². The number of halogens is 1. The number of nitrogens with one attached hydrogen (secondary N) is 2. The first-order valence-electron chi connectivity index (χ1n) is 9.27. The molecule has 0 aliphatic heterocycles. The molecule has 0 aliphatic rings. The number of carbonyl (C=O) groups excluding carboxylic acids is 1. The fourth-order valence-electron chi connectivity index (χ4n) is 2.71. The van der Waals surface area contributed by atoms with Gasteiger partial charge in [0.25, 0.3) is 5.91 Å². The Morgan fingerprint density at radius 1 is 1.07 bits per heavy atom. The van der Waals surface area contributed by atoms with Crippen LogP contribution in [0.3, 0.4) is 0 Å². The van der Waals surface area contributed by atoms with Gasteiger partial charge in [-0.15, -0.1) is 0 Å². The molecule has 0 spiro atoms. The zero-order chi connectivity index (χ0) is 19.6. The molecule has 2 aromatic rings. The average Bonchev–Trinajstić information content (AvgIpc) is 2.69. The SMILES string of the molecule is CC[C@H](Nc1ccc(I)cc1)C(=O)N/N=C\c1ccc(N(CC)CC)cc1. The Labute approximate surface area is 175 Å². The lowest BCUT2D eigenvalue weighted by molar-refractivity contribution is -0.121. The molecule has 1 amide bonds. The van der Waals surface area contributed by atoms with Gasteiger partial charge in [-0.3, -0.25) is 4.79 Å². The molecular weight excluding hydrogens is 451 g/mol. The van der Waals surface area contributed by atoms with Gasteiger partial charge in [0.15, 0.2) is 0 Å². The highest BCUT2D eigenvalue weighted by molar-refractivity contribution is 14.1. The summed E-state index contributed by atoms with van der Waals surface area (Å²) in [6.07, 6.45) is 2.34. The van der Waals surface area contributed by atoms with Crippen molar-refractivity contribution in [2.75, 3.05) is 23.3 Å². The molecule has 144 valence electrons. The monoisotopic (exact) mass is 478 g/mol. The van der Waals surface area contributed by atoms with Gasteiger partial charge in [0, 0.05) is 28.0 Å². The number of benzene rings is 2. The van der Waals surface area contributed by atoms with E-state index in [1.54, 1.807) is 6.21 Å². The number of amides is 1. The molecule has 5 nitrogen and oxygen atoms in total. The van der Waals surface area contributed by atoms with E-state index in [0.29, 0.717) is 6.42 Å². The predicted octanol–water partition coefficient (Wildman–Crippen LogP) is 4.48. The Hall–Kier alpha value is -2.09. The second kappa shape index (κ2) is 10.9. The smallest absolute Gasteiger partial charge is 0.262 e. The van der Waals surface area contributed by atoms with Crippen LogP contribution in [0.25, 0.3) is 0 Å². The summed E-state index contributed by atoms with van der Waals surface area (Å²) in [5.41, 5.74) is 5.69. The Morgan fingerprint density at radius 3 is 2.26 bits per heavy atom. The third-order valence-electron chi connectivity index (χ3n) is 4.32. The molecule has 0 aromatic heterocycles. The van der Waals surface area contributed by atoms with E-state index in [0.717, 1.165) is 27.9 Å². The van der Waals surface area contributed by atoms with Crippen LogP contribution >= 0.6 is 22.6 Å². The predicted molar refractivity (Wildman–Crippen MR) is 123 cm³/mol. The zero-order valence-corrected chi connectivity index (χ0v) is 18.2. The van der Waals surface area contributed by atoms with Gasteiger partial charge in [-0.25, -0.2) is 5.43 Å². The molecule has 27 heavy (non-hydrogen) atoms. The first-order valence-corrected chi connectivity index (χ1v) is 10.3. The maximum atomic E-state index is 12.4. The highest BCUT2D eigenvalue weighted by Gasteiger charge is 2.15. The van der Waals surface area contributed by atoms with Gasteiger partial charge in [0.1, 0.15) is 6.04 Å². The van der Waals surface area contributed by atoms with Gasteiger partial charge in [0.05, 0.1) is 6.21 Å². The van der Waals surface area contributed by atoms with Gasteiger partial charge in [-0.05, 0) is 84.8 Å². The van der Waals surface area contributed by atoms with Crippen LogP contribution in [-0.2, 0) is 4.79 Å². The first-order chi connectivity index (χ1) is 13.1. The Bertz CT molecular complexity index is 740. The second-order valence-electron chi connectivity index (χ2n) is 6.11. The van der Waals surface area contributed by atoms with Crippen LogP contribution in [0.5, 0.6) is 0 Å². The van der Waals surface area contributed by atoms with E-state index in [4.69, 9.17) is 0 Å². The second-order valence-corrected chi connectivity index (χ2v) is 7.36. The Balaban J connectivity index is 1.91. The van der Waals surface area contributed by atoms with E-state index in [2.05, 4.69) is 69.3 Å². The highest BCUT2D eigenvalue weighted by atomic mass is 127. The standard InChI is InChI=1S/C21H27IN4O/c1-4-20(24-18-11-9-17(22)10-12-18)21(27)25-23-15-16-7-13-19(14-8-16)26(5-2)6-3/h7-15,20,24H,4-6H2,1-3H3,(H,25,27)/b23-15-/t20-/m0/s1. The maximum absolute atomic E-state index is 12.4. The quantitative estimate of drug-likeness (QED) is 0.318. The molecule has 0 aliphatic carbocycles. The number of anilines is 2. The summed E-state index contributed by atoms with van der Waals surface area (Å²) >= 11 is 2.26. The lowest BCUT2D eigenvalue weighted by Crippen LogP contribution is -2.36. The van der Waals surface area contributed by atoms with Gasteiger partial charge >= 0.3 is 0 Å². The number of nitrogens with zero attached hydrogens (tertiary/aromatic N) is 2. The summed E-state index contributed by atoms with van der Waals surface area (Å²) in [7, 11) is 0. The van der Waals surface area contributed by atoms with Gasteiger partial charge in [0.2, 0.25) is 0 Å². The van der Waals surface area contributed by atoms with E-state index in [1.165, 1.54) is 5.69 Å². The van der Waals surface area contributed by atoms with Crippen molar-refractivity contribution >= 4 is 46.1 Å². The van der Waals surface area contributed by atoms with Gasteiger partial charge < -0.3 is 10.2 Å². The Morgan fingerprint density at radius 2 is 1.70 bits per heavy atom. The topological polar surface area (TPSA) is 56.7 Å². The minimum absolute atomic E-state index is 0.146. The third kappa shape index (κ3) is 6.53. The summed E-state index contributed by atoms with van der Waals surface area (Å²) in [6.45, 7) is 8.21. The van der Waals surface area contributed by atoms with Gasteiger partial charge in [-0.1, -0.05) is 19.1 Å². The average molecular weight is 478 g/mol. The molecule has 1 atom stereocenters. The summed E-state index contributed by atoms with van der Waals surface area (Å²) in [4.78, 5) is 14.6. The van der Waals surface area contributed by atoms with Crippen LogP contribution < -0.4 is 15.6 Å². The van der Waals surface area contributed by atoms with E-state index in [-0.39, 0.29) is 11.9 Å². The summed E-state index contributed by atoms with van der Waals surface area (Å²) in [5.74, 6) is -0.146. The fraction of sp³-hybridized carbons (Fsp3) is 0.333. The molecule has 2 aromatic carbocycles.